The Labute approximate surface area is 119 Å². The van der Waals surface area contributed by atoms with Crippen LogP contribution in [0, 0.1) is 11.8 Å². The fourth-order valence-corrected chi connectivity index (χ4v) is 2.65. The normalized spacial score (nSPS) is 22.5. The summed E-state index contributed by atoms with van der Waals surface area (Å²) in [5.74, 6) is 2.60. The first kappa shape index (κ1) is 14.3. The summed E-state index contributed by atoms with van der Waals surface area (Å²) >= 11 is 5.91. The lowest BCUT2D eigenvalue weighted by Crippen LogP contribution is -2.18. The molecule has 2 atom stereocenters. The first-order valence-electron chi connectivity index (χ1n) is 7.08. The molecule has 1 aliphatic rings. The van der Waals surface area contributed by atoms with Crippen molar-refractivity contribution in [1.82, 2.24) is 15.0 Å². The van der Waals surface area contributed by atoms with Crippen LogP contribution in [0.1, 0.15) is 39.5 Å². The second kappa shape index (κ2) is 6.89. The highest BCUT2D eigenvalue weighted by atomic mass is 35.5. The van der Waals surface area contributed by atoms with Gasteiger partial charge >= 0.3 is 0 Å². The lowest BCUT2D eigenvalue weighted by Gasteiger charge is -2.16. The average molecular weight is 284 g/mol. The van der Waals surface area contributed by atoms with Crippen LogP contribution in [-0.4, -0.2) is 28.0 Å². The lowest BCUT2D eigenvalue weighted by atomic mass is 9.98. The number of anilines is 2. The van der Waals surface area contributed by atoms with Crippen LogP contribution in [0.4, 0.5) is 11.9 Å². The predicted octanol–water partition coefficient (Wildman–Crippen LogP) is 3.20. The Morgan fingerprint density at radius 2 is 1.89 bits per heavy atom. The minimum absolute atomic E-state index is 0.232. The molecule has 2 unspecified atom stereocenters. The third kappa shape index (κ3) is 4.20. The molecule has 1 heterocycles. The quantitative estimate of drug-likeness (QED) is 0.839. The van der Waals surface area contributed by atoms with Crippen molar-refractivity contribution in [3.05, 3.63) is 5.28 Å². The molecule has 0 aliphatic heterocycles. The van der Waals surface area contributed by atoms with Crippen LogP contribution in [0.25, 0.3) is 0 Å². The number of nitrogens with zero attached hydrogens (tertiary/aromatic N) is 3. The van der Waals surface area contributed by atoms with Crippen LogP contribution in [0.2, 0.25) is 5.28 Å². The SMILES string of the molecule is CCCNc1nc(Cl)nc(NCC2CCCC2C)n1. The number of hydrogen-bond donors (Lipinski definition) is 2. The van der Waals surface area contributed by atoms with Gasteiger partial charge in [0.2, 0.25) is 17.2 Å². The van der Waals surface area contributed by atoms with Gasteiger partial charge in [-0.3, -0.25) is 0 Å². The van der Waals surface area contributed by atoms with Crippen molar-refractivity contribution in [2.24, 2.45) is 11.8 Å². The van der Waals surface area contributed by atoms with E-state index in [9.17, 15) is 0 Å². The number of hydrogen-bond acceptors (Lipinski definition) is 5. The zero-order valence-corrected chi connectivity index (χ0v) is 12.4. The van der Waals surface area contributed by atoms with E-state index in [-0.39, 0.29) is 5.28 Å². The van der Waals surface area contributed by atoms with Gasteiger partial charge in [0.25, 0.3) is 0 Å². The van der Waals surface area contributed by atoms with Crippen LogP contribution < -0.4 is 10.6 Å². The minimum Gasteiger partial charge on any atom is -0.354 e. The maximum atomic E-state index is 5.91. The first-order chi connectivity index (χ1) is 9.19. The topological polar surface area (TPSA) is 62.7 Å². The second-order valence-electron chi connectivity index (χ2n) is 5.23. The molecule has 0 saturated heterocycles. The van der Waals surface area contributed by atoms with E-state index in [1.807, 2.05) is 0 Å². The zero-order chi connectivity index (χ0) is 13.7. The Balaban J connectivity index is 1.93. The highest BCUT2D eigenvalue weighted by Gasteiger charge is 2.23. The lowest BCUT2D eigenvalue weighted by molar-refractivity contribution is 0.439. The minimum atomic E-state index is 0.232. The van der Waals surface area contributed by atoms with Crippen molar-refractivity contribution in [2.75, 3.05) is 23.7 Å². The van der Waals surface area contributed by atoms with Gasteiger partial charge in [0.15, 0.2) is 0 Å². The van der Waals surface area contributed by atoms with Crippen molar-refractivity contribution in [3.8, 4) is 0 Å². The summed E-state index contributed by atoms with van der Waals surface area (Å²) in [6, 6.07) is 0. The third-order valence-corrected chi connectivity index (χ3v) is 3.87. The van der Waals surface area contributed by atoms with Crippen LogP contribution in [0.5, 0.6) is 0 Å². The molecule has 0 spiro atoms. The highest BCUT2D eigenvalue weighted by Crippen LogP contribution is 2.31. The van der Waals surface area contributed by atoms with Crippen LogP contribution in [-0.2, 0) is 0 Å². The van der Waals surface area contributed by atoms with Crippen LogP contribution in [0.15, 0.2) is 0 Å². The van der Waals surface area contributed by atoms with E-state index in [1.165, 1.54) is 19.3 Å². The molecule has 2 N–H and O–H groups in total. The smallest absolute Gasteiger partial charge is 0.228 e. The fraction of sp³-hybridized carbons (Fsp3) is 0.769. The van der Waals surface area contributed by atoms with Gasteiger partial charge in [-0.25, -0.2) is 0 Å². The highest BCUT2D eigenvalue weighted by molar-refractivity contribution is 6.28. The molecule has 6 heteroatoms. The van der Waals surface area contributed by atoms with Gasteiger partial charge in [0.1, 0.15) is 0 Å². The van der Waals surface area contributed by atoms with Crippen LogP contribution >= 0.6 is 11.6 Å². The molecule has 1 aromatic heterocycles. The first-order valence-corrected chi connectivity index (χ1v) is 7.46. The van der Waals surface area contributed by atoms with Crippen molar-refractivity contribution >= 4 is 23.5 Å². The molecule has 5 nitrogen and oxygen atoms in total. The molecular weight excluding hydrogens is 262 g/mol. The Morgan fingerprint density at radius 3 is 2.53 bits per heavy atom. The summed E-state index contributed by atoms with van der Waals surface area (Å²) in [5, 5.41) is 6.65. The van der Waals surface area contributed by atoms with E-state index in [0.29, 0.717) is 17.8 Å². The number of halogens is 1. The Kier molecular flexibility index (Phi) is 5.19. The molecule has 19 heavy (non-hydrogen) atoms. The van der Waals surface area contributed by atoms with Crippen molar-refractivity contribution in [1.29, 1.82) is 0 Å². The molecule has 1 aliphatic carbocycles. The molecule has 0 amide bonds. The molecule has 1 fully saturated rings. The summed E-state index contributed by atoms with van der Waals surface area (Å²) in [6.45, 7) is 6.15. The van der Waals surface area contributed by atoms with E-state index in [4.69, 9.17) is 11.6 Å². The number of nitrogens with one attached hydrogen (secondary N) is 2. The van der Waals surface area contributed by atoms with Gasteiger partial charge in [0.05, 0.1) is 0 Å². The largest absolute Gasteiger partial charge is 0.354 e. The third-order valence-electron chi connectivity index (χ3n) is 3.70. The van der Waals surface area contributed by atoms with Gasteiger partial charge in [0, 0.05) is 13.1 Å². The maximum absolute atomic E-state index is 5.91. The predicted molar refractivity (Wildman–Crippen MR) is 78.6 cm³/mol. The van der Waals surface area contributed by atoms with Gasteiger partial charge in [-0.05, 0) is 36.3 Å². The number of rotatable bonds is 6. The molecule has 1 saturated carbocycles. The van der Waals surface area contributed by atoms with E-state index >= 15 is 0 Å². The Bertz CT molecular complexity index is 412. The number of aromatic nitrogens is 3. The second-order valence-corrected chi connectivity index (χ2v) is 5.57. The monoisotopic (exact) mass is 283 g/mol. The summed E-state index contributed by atoms with van der Waals surface area (Å²) in [7, 11) is 0. The molecule has 0 bridgehead atoms. The summed E-state index contributed by atoms with van der Waals surface area (Å²) in [4.78, 5) is 12.5. The van der Waals surface area contributed by atoms with E-state index in [1.54, 1.807) is 0 Å². The van der Waals surface area contributed by atoms with E-state index in [0.717, 1.165) is 25.4 Å². The fourth-order valence-electron chi connectivity index (χ4n) is 2.49. The van der Waals surface area contributed by atoms with Crippen molar-refractivity contribution in [2.45, 2.75) is 39.5 Å². The standard InChI is InChI=1S/C13H22ClN5/c1-3-7-15-12-17-11(14)18-13(19-12)16-8-10-6-4-5-9(10)2/h9-10H,3-8H2,1-2H3,(H2,15,16,17,18,19). The summed E-state index contributed by atoms with van der Waals surface area (Å²) in [6.07, 6.45) is 4.96. The molecule has 106 valence electrons. The maximum Gasteiger partial charge on any atom is 0.228 e. The Hall–Kier alpha value is -1.10. The van der Waals surface area contributed by atoms with E-state index in [2.05, 4.69) is 39.4 Å². The molecule has 0 aromatic carbocycles. The van der Waals surface area contributed by atoms with E-state index < -0.39 is 0 Å². The summed E-state index contributed by atoms with van der Waals surface area (Å²) < 4.78 is 0. The average Bonchev–Trinajstić information content (AvgIpc) is 2.79. The van der Waals surface area contributed by atoms with Gasteiger partial charge in [-0.2, -0.15) is 15.0 Å². The van der Waals surface area contributed by atoms with Gasteiger partial charge in [-0.1, -0.05) is 26.7 Å². The van der Waals surface area contributed by atoms with Crippen molar-refractivity contribution in [3.63, 3.8) is 0 Å². The molecule has 0 radical (unpaired) electrons. The Morgan fingerprint density at radius 1 is 1.16 bits per heavy atom. The van der Waals surface area contributed by atoms with Crippen LogP contribution in [0.3, 0.4) is 0 Å². The zero-order valence-electron chi connectivity index (χ0n) is 11.6. The molecular formula is C13H22ClN5. The summed E-state index contributed by atoms with van der Waals surface area (Å²) in [5.41, 5.74) is 0. The van der Waals surface area contributed by atoms with Gasteiger partial charge < -0.3 is 10.6 Å². The van der Waals surface area contributed by atoms with Gasteiger partial charge in [-0.15, -0.1) is 0 Å². The van der Waals surface area contributed by atoms with Crippen molar-refractivity contribution < 1.29 is 0 Å². The molecule has 1 aromatic rings. The molecule has 2 rings (SSSR count).